The molecule has 2 N–H and O–H groups in total. The largest absolute Gasteiger partial charge is 0.396 e. The summed E-state index contributed by atoms with van der Waals surface area (Å²) in [7, 11) is 0. The number of pyridine rings is 1. The van der Waals surface area contributed by atoms with Crippen molar-refractivity contribution in [2.24, 2.45) is 5.92 Å². The molecule has 1 aromatic rings. The van der Waals surface area contributed by atoms with Crippen LogP contribution in [0.25, 0.3) is 0 Å². The number of aliphatic hydroxyl groups is 1. The Morgan fingerprint density at radius 1 is 1.47 bits per heavy atom. The van der Waals surface area contributed by atoms with Gasteiger partial charge in [-0.05, 0) is 18.1 Å². The van der Waals surface area contributed by atoms with Crippen molar-refractivity contribution in [3.8, 4) is 0 Å². The van der Waals surface area contributed by atoms with Gasteiger partial charge in [-0.3, -0.25) is 4.79 Å². The van der Waals surface area contributed by atoms with E-state index in [4.69, 9.17) is 16.7 Å². The van der Waals surface area contributed by atoms with E-state index in [-0.39, 0.29) is 23.8 Å². The van der Waals surface area contributed by atoms with Crippen molar-refractivity contribution in [1.82, 2.24) is 10.3 Å². The number of rotatable bonds is 4. The molecule has 1 rings (SSSR count). The minimum absolute atomic E-state index is 0.0309. The van der Waals surface area contributed by atoms with E-state index in [1.54, 1.807) is 12.1 Å². The number of aromatic nitrogens is 1. The summed E-state index contributed by atoms with van der Waals surface area (Å²) < 4.78 is 0. The van der Waals surface area contributed by atoms with Gasteiger partial charge in [-0.15, -0.1) is 0 Å². The zero-order chi connectivity index (χ0) is 14.6. The second kappa shape index (κ2) is 6.35. The topological polar surface area (TPSA) is 62.2 Å². The summed E-state index contributed by atoms with van der Waals surface area (Å²) in [5.41, 5.74) is 1.11. The zero-order valence-corrected chi connectivity index (χ0v) is 12.6. The molecule has 0 radical (unpaired) electrons. The van der Waals surface area contributed by atoms with E-state index < -0.39 is 0 Å². The van der Waals surface area contributed by atoms with Crippen LogP contribution < -0.4 is 5.32 Å². The van der Waals surface area contributed by atoms with E-state index in [0.717, 1.165) is 5.69 Å². The van der Waals surface area contributed by atoms with Gasteiger partial charge in [-0.2, -0.15) is 0 Å². The van der Waals surface area contributed by atoms with Gasteiger partial charge in [0.15, 0.2) is 0 Å². The molecule has 1 unspecified atom stereocenters. The molecule has 0 saturated carbocycles. The van der Waals surface area contributed by atoms with Gasteiger partial charge in [0, 0.05) is 29.8 Å². The minimum Gasteiger partial charge on any atom is -0.396 e. The summed E-state index contributed by atoms with van der Waals surface area (Å²) in [6, 6.07) is 3.31. The number of hydrogen-bond donors (Lipinski definition) is 2. The van der Waals surface area contributed by atoms with Gasteiger partial charge >= 0.3 is 0 Å². The summed E-state index contributed by atoms with van der Waals surface area (Å²) in [5.74, 6) is -0.168. The summed E-state index contributed by atoms with van der Waals surface area (Å²) in [5, 5.41) is 12.0. The highest BCUT2D eigenvalue weighted by Crippen LogP contribution is 2.23. The molecule has 5 heteroatoms. The average Bonchev–Trinajstić information content (AvgIpc) is 2.33. The number of halogens is 1. The second-order valence-corrected chi connectivity index (χ2v) is 6.20. The second-order valence-electron chi connectivity index (χ2n) is 5.81. The van der Waals surface area contributed by atoms with Crippen LogP contribution >= 0.6 is 11.6 Å². The highest BCUT2D eigenvalue weighted by atomic mass is 35.5. The maximum atomic E-state index is 12.0. The van der Waals surface area contributed by atoms with Crippen LogP contribution in [0.3, 0.4) is 0 Å². The first-order valence-corrected chi connectivity index (χ1v) is 6.69. The fourth-order valence-corrected chi connectivity index (χ4v) is 1.65. The van der Waals surface area contributed by atoms with Gasteiger partial charge < -0.3 is 10.4 Å². The summed E-state index contributed by atoms with van der Waals surface area (Å²) in [4.78, 5) is 16.3. The molecule has 0 saturated heterocycles. The SMILES string of the molecule is CC(CO)CNC(=O)c1cc(Cl)nc(C(C)(C)C)c1. The van der Waals surface area contributed by atoms with E-state index in [0.29, 0.717) is 17.3 Å². The van der Waals surface area contributed by atoms with Gasteiger partial charge in [0.2, 0.25) is 0 Å². The summed E-state index contributed by atoms with van der Waals surface area (Å²) >= 11 is 5.96. The number of carbonyl (C=O) groups is 1. The molecule has 19 heavy (non-hydrogen) atoms. The first-order chi connectivity index (χ1) is 8.74. The quantitative estimate of drug-likeness (QED) is 0.835. The molecule has 0 spiro atoms. The number of amides is 1. The molecule has 1 heterocycles. The molecular weight excluding hydrogens is 264 g/mol. The van der Waals surface area contributed by atoms with Crippen molar-refractivity contribution in [2.75, 3.05) is 13.2 Å². The van der Waals surface area contributed by atoms with Crippen molar-refractivity contribution in [1.29, 1.82) is 0 Å². The Morgan fingerprint density at radius 2 is 2.11 bits per heavy atom. The molecule has 1 amide bonds. The Bertz CT molecular complexity index is 455. The first kappa shape index (κ1) is 15.9. The number of carbonyl (C=O) groups excluding carboxylic acids is 1. The highest BCUT2D eigenvalue weighted by molar-refractivity contribution is 6.29. The fraction of sp³-hybridized carbons (Fsp3) is 0.571. The van der Waals surface area contributed by atoms with Crippen LogP contribution in [0.15, 0.2) is 12.1 Å². The van der Waals surface area contributed by atoms with Crippen molar-refractivity contribution in [3.63, 3.8) is 0 Å². The highest BCUT2D eigenvalue weighted by Gasteiger charge is 2.19. The van der Waals surface area contributed by atoms with Gasteiger partial charge in [-0.25, -0.2) is 4.98 Å². The number of hydrogen-bond acceptors (Lipinski definition) is 3. The molecule has 0 aromatic carbocycles. The van der Waals surface area contributed by atoms with E-state index in [1.807, 2.05) is 27.7 Å². The van der Waals surface area contributed by atoms with E-state index >= 15 is 0 Å². The number of nitrogens with one attached hydrogen (secondary N) is 1. The third-order valence-electron chi connectivity index (χ3n) is 2.75. The molecule has 0 aliphatic carbocycles. The van der Waals surface area contributed by atoms with Gasteiger partial charge in [0.25, 0.3) is 5.91 Å². The Balaban J connectivity index is 2.89. The summed E-state index contributed by atoms with van der Waals surface area (Å²) in [6.07, 6.45) is 0. The lowest BCUT2D eigenvalue weighted by Crippen LogP contribution is -2.30. The van der Waals surface area contributed by atoms with E-state index in [9.17, 15) is 4.79 Å². The Hall–Kier alpha value is -1.13. The maximum absolute atomic E-state index is 12.0. The van der Waals surface area contributed by atoms with Crippen LogP contribution in [0, 0.1) is 5.92 Å². The number of aliphatic hydroxyl groups excluding tert-OH is 1. The van der Waals surface area contributed by atoms with Crippen molar-refractivity contribution >= 4 is 17.5 Å². The van der Waals surface area contributed by atoms with Gasteiger partial charge in [0.1, 0.15) is 5.15 Å². The van der Waals surface area contributed by atoms with Crippen LogP contribution in [0.5, 0.6) is 0 Å². The molecular formula is C14H21ClN2O2. The maximum Gasteiger partial charge on any atom is 0.251 e. The Labute approximate surface area is 119 Å². The third-order valence-corrected chi connectivity index (χ3v) is 2.94. The summed E-state index contributed by atoms with van der Waals surface area (Å²) in [6.45, 7) is 8.38. The molecule has 0 aliphatic rings. The molecule has 1 aromatic heterocycles. The lowest BCUT2D eigenvalue weighted by atomic mass is 9.91. The smallest absolute Gasteiger partial charge is 0.251 e. The Morgan fingerprint density at radius 3 is 2.63 bits per heavy atom. The van der Waals surface area contributed by atoms with Crippen LogP contribution in [-0.4, -0.2) is 29.1 Å². The van der Waals surface area contributed by atoms with Crippen LogP contribution in [0.4, 0.5) is 0 Å². The lowest BCUT2D eigenvalue weighted by Gasteiger charge is -2.19. The molecule has 1 atom stereocenters. The predicted octanol–water partition coefficient (Wildman–Crippen LogP) is 2.39. The van der Waals surface area contributed by atoms with E-state index in [1.165, 1.54) is 0 Å². The normalized spacial score (nSPS) is 13.2. The molecule has 0 bridgehead atoms. The van der Waals surface area contributed by atoms with Gasteiger partial charge in [-0.1, -0.05) is 39.3 Å². The zero-order valence-electron chi connectivity index (χ0n) is 11.8. The first-order valence-electron chi connectivity index (χ1n) is 6.31. The minimum atomic E-state index is -0.199. The predicted molar refractivity (Wildman–Crippen MR) is 76.5 cm³/mol. The molecule has 106 valence electrons. The third kappa shape index (κ3) is 4.80. The molecule has 4 nitrogen and oxygen atoms in total. The molecule has 0 aliphatic heterocycles. The monoisotopic (exact) mass is 284 g/mol. The van der Waals surface area contributed by atoms with Crippen molar-refractivity contribution in [2.45, 2.75) is 33.1 Å². The van der Waals surface area contributed by atoms with E-state index in [2.05, 4.69) is 10.3 Å². The Kier molecular flexibility index (Phi) is 5.32. The van der Waals surface area contributed by atoms with Crippen molar-refractivity contribution < 1.29 is 9.90 Å². The van der Waals surface area contributed by atoms with Crippen molar-refractivity contribution in [3.05, 3.63) is 28.5 Å². The average molecular weight is 285 g/mol. The lowest BCUT2D eigenvalue weighted by molar-refractivity contribution is 0.0942. The van der Waals surface area contributed by atoms with Crippen LogP contribution in [-0.2, 0) is 5.41 Å². The van der Waals surface area contributed by atoms with Gasteiger partial charge in [0.05, 0.1) is 0 Å². The number of nitrogens with zero attached hydrogens (tertiary/aromatic N) is 1. The standard InChI is InChI=1S/C14H21ClN2O2/c1-9(8-18)7-16-13(19)10-5-11(14(2,3)4)17-12(15)6-10/h5-6,9,18H,7-8H2,1-4H3,(H,16,19). The van der Waals surface area contributed by atoms with Crippen LogP contribution in [0.2, 0.25) is 5.15 Å². The van der Waals surface area contributed by atoms with Crippen LogP contribution in [0.1, 0.15) is 43.7 Å². The molecule has 0 fully saturated rings. The fourth-order valence-electron chi connectivity index (χ4n) is 1.45.